The average molecular weight is 334 g/mol. The van der Waals surface area contributed by atoms with Gasteiger partial charge in [-0.1, -0.05) is 36.4 Å². The fourth-order valence-corrected chi connectivity index (χ4v) is 2.16. The van der Waals surface area contributed by atoms with Crippen LogP contribution >= 0.6 is 0 Å². The Hall–Kier alpha value is -2.02. The number of hydrogen-bond acceptors (Lipinski definition) is 1. The second-order valence-corrected chi connectivity index (χ2v) is 4.85. The van der Waals surface area contributed by atoms with E-state index < -0.39 is 24.0 Å². The van der Waals surface area contributed by atoms with Crippen LogP contribution in [0.2, 0.25) is 0 Å². The molecule has 0 fully saturated rings. The Labute approximate surface area is 128 Å². The van der Waals surface area contributed by atoms with Gasteiger partial charge in [0.25, 0.3) is 0 Å². The molecule has 0 heterocycles. The Morgan fingerprint density at radius 3 is 1.52 bits per heavy atom. The highest BCUT2D eigenvalue weighted by Crippen LogP contribution is 2.36. The normalized spacial score (nSPS) is 13.9. The van der Waals surface area contributed by atoms with Gasteiger partial charge in [0.2, 0.25) is 0 Å². The van der Waals surface area contributed by atoms with Crippen molar-refractivity contribution < 1.29 is 31.1 Å². The molecule has 0 amide bonds. The summed E-state index contributed by atoms with van der Waals surface area (Å²) in [4.78, 5) is 0. The number of alkyl halides is 6. The highest BCUT2D eigenvalue weighted by atomic mass is 19.4. The summed E-state index contributed by atoms with van der Waals surface area (Å²) in [5.41, 5.74) is 0.134. The molecule has 0 saturated heterocycles. The molecular weight excluding hydrogens is 322 g/mol. The number of benzene rings is 2. The summed E-state index contributed by atoms with van der Waals surface area (Å²) < 4.78 is 80.2. The zero-order valence-electron chi connectivity index (χ0n) is 11.9. The third kappa shape index (κ3) is 4.04. The summed E-state index contributed by atoms with van der Waals surface area (Å²) in [6.07, 6.45) is -11.0. The molecule has 2 aromatic rings. The quantitative estimate of drug-likeness (QED) is 0.662. The smallest absolute Gasteiger partial charge is 0.367 e. The largest absolute Gasteiger partial charge is 0.418 e. The topological polar surface area (TPSA) is 9.23 Å². The lowest BCUT2D eigenvalue weighted by Gasteiger charge is -2.19. The van der Waals surface area contributed by atoms with E-state index in [1.807, 2.05) is 0 Å². The van der Waals surface area contributed by atoms with Crippen molar-refractivity contribution >= 4 is 0 Å². The van der Waals surface area contributed by atoms with Crippen LogP contribution in [-0.4, -0.2) is 13.3 Å². The van der Waals surface area contributed by atoms with E-state index in [9.17, 15) is 26.3 Å². The maximum Gasteiger partial charge on any atom is 0.418 e. The molecule has 0 aromatic heterocycles. The fourth-order valence-electron chi connectivity index (χ4n) is 2.16. The third-order valence-corrected chi connectivity index (χ3v) is 3.29. The van der Waals surface area contributed by atoms with Gasteiger partial charge in [-0.3, -0.25) is 0 Å². The summed E-state index contributed by atoms with van der Waals surface area (Å²) in [7, 11) is 0.960. The first-order valence-electron chi connectivity index (χ1n) is 6.50. The Bertz CT molecular complexity index is 640. The Balaban J connectivity index is 2.26. The SMILES string of the molecule is COC(c1ccc(-c2ccc(C(F)(F)F)cc2)cc1)C(F)(F)F. The Morgan fingerprint density at radius 1 is 0.739 bits per heavy atom. The van der Waals surface area contributed by atoms with Gasteiger partial charge in [0.05, 0.1) is 5.56 Å². The highest BCUT2D eigenvalue weighted by molar-refractivity contribution is 5.64. The van der Waals surface area contributed by atoms with Gasteiger partial charge < -0.3 is 4.74 Å². The van der Waals surface area contributed by atoms with Crippen LogP contribution in [0.5, 0.6) is 0 Å². The van der Waals surface area contributed by atoms with Gasteiger partial charge in [-0.2, -0.15) is 26.3 Å². The monoisotopic (exact) mass is 334 g/mol. The minimum atomic E-state index is -4.54. The molecule has 1 unspecified atom stereocenters. The van der Waals surface area contributed by atoms with Crippen LogP contribution in [0.4, 0.5) is 26.3 Å². The van der Waals surface area contributed by atoms with Crippen molar-refractivity contribution in [2.75, 3.05) is 7.11 Å². The summed E-state index contributed by atoms with van der Waals surface area (Å²) in [5.74, 6) is 0. The third-order valence-electron chi connectivity index (χ3n) is 3.29. The molecule has 124 valence electrons. The number of ether oxygens (including phenoxy) is 1. The van der Waals surface area contributed by atoms with Crippen molar-refractivity contribution in [3.8, 4) is 11.1 Å². The van der Waals surface area contributed by atoms with E-state index in [1.54, 1.807) is 0 Å². The van der Waals surface area contributed by atoms with E-state index >= 15 is 0 Å². The van der Waals surface area contributed by atoms with Gasteiger partial charge in [-0.15, -0.1) is 0 Å². The van der Waals surface area contributed by atoms with E-state index in [4.69, 9.17) is 0 Å². The molecule has 0 N–H and O–H groups in total. The van der Waals surface area contributed by atoms with Crippen molar-refractivity contribution in [1.29, 1.82) is 0 Å². The van der Waals surface area contributed by atoms with E-state index in [0.717, 1.165) is 19.2 Å². The standard InChI is InChI=1S/C16H12F6O/c1-23-14(16(20,21)22)12-4-2-10(3-5-12)11-6-8-13(9-7-11)15(17,18)19/h2-9,14H,1H3. The van der Waals surface area contributed by atoms with E-state index in [2.05, 4.69) is 4.74 Å². The lowest BCUT2D eigenvalue weighted by Crippen LogP contribution is -2.22. The van der Waals surface area contributed by atoms with Crippen molar-refractivity contribution in [3.05, 3.63) is 59.7 Å². The predicted molar refractivity (Wildman–Crippen MR) is 72.7 cm³/mol. The lowest BCUT2D eigenvalue weighted by atomic mass is 10.0. The molecule has 2 aromatic carbocycles. The van der Waals surface area contributed by atoms with Gasteiger partial charge in [0.1, 0.15) is 0 Å². The second-order valence-electron chi connectivity index (χ2n) is 4.85. The number of methoxy groups -OCH3 is 1. The zero-order valence-corrected chi connectivity index (χ0v) is 11.9. The number of halogens is 6. The summed E-state index contributed by atoms with van der Waals surface area (Å²) >= 11 is 0. The van der Waals surface area contributed by atoms with Gasteiger partial charge >= 0.3 is 12.4 Å². The molecular formula is C16H12F6O. The van der Waals surface area contributed by atoms with Crippen molar-refractivity contribution in [2.45, 2.75) is 18.5 Å². The minimum Gasteiger partial charge on any atom is -0.367 e. The first-order valence-corrected chi connectivity index (χ1v) is 6.50. The van der Waals surface area contributed by atoms with Gasteiger partial charge in [0, 0.05) is 7.11 Å². The molecule has 0 spiro atoms. The molecule has 0 bridgehead atoms. The molecule has 0 aliphatic rings. The Kier molecular flexibility index (Phi) is 4.70. The first-order chi connectivity index (χ1) is 10.6. The minimum absolute atomic E-state index is 0.0735. The lowest BCUT2D eigenvalue weighted by molar-refractivity contribution is -0.215. The van der Waals surface area contributed by atoms with Crippen LogP contribution in [0.1, 0.15) is 17.2 Å². The molecule has 0 radical (unpaired) electrons. The molecule has 7 heteroatoms. The number of hydrogen-bond donors (Lipinski definition) is 0. The van der Waals surface area contributed by atoms with Crippen LogP contribution in [-0.2, 0) is 10.9 Å². The Morgan fingerprint density at radius 2 is 1.17 bits per heavy atom. The highest BCUT2D eigenvalue weighted by Gasteiger charge is 2.41. The maximum absolute atomic E-state index is 12.8. The summed E-state index contributed by atoms with van der Waals surface area (Å²) in [6, 6.07) is 9.72. The fraction of sp³-hybridized carbons (Fsp3) is 0.250. The second kappa shape index (κ2) is 6.23. The molecule has 23 heavy (non-hydrogen) atoms. The van der Waals surface area contributed by atoms with Crippen molar-refractivity contribution in [1.82, 2.24) is 0 Å². The molecule has 2 rings (SSSR count). The summed E-state index contributed by atoms with van der Waals surface area (Å²) in [5, 5.41) is 0. The van der Waals surface area contributed by atoms with Gasteiger partial charge in [0.15, 0.2) is 6.10 Å². The van der Waals surface area contributed by atoms with E-state index in [-0.39, 0.29) is 5.56 Å². The van der Waals surface area contributed by atoms with Crippen molar-refractivity contribution in [3.63, 3.8) is 0 Å². The van der Waals surface area contributed by atoms with Gasteiger partial charge in [-0.25, -0.2) is 0 Å². The van der Waals surface area contributed by atoms with Crippen LogP contribution in [0.25, 0.3) is 11.1 Å². The summed E-state index contributed by atoms with van der Waals surface area (Å²) in [6.45, 7) is 0. The molecule has 0 saturated carbocycles. The van der Waals surface area contributed by atoms with Crippen LogP contribution in [0.3, 0.4) is 0 Å². The molecule has 1 nitrogen and oxygen atoms in total. The maximum atomic E-state index is 12.8. The molecule has 0 aliphatic heterocycles. The van der Waals surface area contributed by atoms with Crippen LogP contribution in [0, 0.1) is 0 Å². The predicted octanol–water partition coefficient (Wildman–Crippen LogP) is 5.62. The molecule has 0 aliphatic carbocycles. The number of rotatable bonds is 3. The average Bonchev–Trinajstić information content (AvgIpc) is 2.46. The van der Waals surface area contributed by atoms with Gasteiger partial charge in [-0.05, 0) is 28.8 Å². The van der Waals surface area contributed by atoms with Crippen molar-refractivity contribution in [2.24, 2.45) is 0 Å². The zero-order chi connectivity index (χ0) is 17.3. The first kappa shape index (κ1) is 17.3. The van der Waals surface area contributed by atoms with Crippen LogP contribution in [0.15, 0.2) is 48.5 Å². The van der Waals surface area contributed by atoms with Crippen LogP contribution < -0.4 is 0 Å². The molecule has 1 atom stereocenters. The van der Waals surface area contributed by atoms with E-state index in [1.165, 1.54) is 36.4 Å². The van der Waals surface area contributed by atoms with E-state index in [0.29, 0.717) is 11.1 Å².